The first-order valence-electron chi connectivity index (χ1n) is 14.2. The molecule has 224 valence electrons. The quantitative estimate of drug-likeness (QED) is 0.107. The summed E-state index contributed by atoms with van der Waals surface area (Å²) in [5.74, 6) is -0.762. The van der Waals surface area contributed by atoms with E-state index in [4.69, 9.17) is 9.94 Å². The number of phenols is 1. The van der Waals surface area contributed by atoms with Gasteiger partial charge in [0.1, 0.15) is 11.9 Å². The van der Waals surface area contributed by atoms with Gasteiger partial charge in [0.15, 0.2) is 11.5 Å². The van der Waals surface area contributed by atoms with Crippen molar-refractivity contribution in [3.8, 4) is 39.8 Å². The van der Waals surface area contributed by atoms with Crippen LogP contribution in [-0.2, 0) is 17.9 Å². The lowest BCUT2D eigenvalue weighted by atomic mass is 9.92. The number of nitriles is 1. The average Bonchev–Trinajstić information content (AvgIpc) is 3.50. The van der Waals surface area contributed by atoms with Crippen molar-refractivity contribution in [1.82, 2.24) is 15.7 Å². The van der Waals surface area contributed by atoms with Crippen LogP contribution >= 0.6 is 0 Å². The molecule has 0 unspecified atom stereocenters. The lowest BCUT2D eigenvalue weighted by Crippen LogP contribution is -2.31. The SMILES string of the molecule is COc1cc(-c2ccc(CN3CC[C@H](NCc4ccc(/C=C/C(=O)NO)cc4)C3)cc2-c2ccc(C#N)c(F)c2)ccc1O. The van der Waals surface area contributed by atoms with Crippen LogP contribution < -0.4 is 15.5 Å². The van der Waals surface area contributed by atoms with Crippen molar-refractivity contribution in [2.75, 3.05) is 20.2 Å². The summed E-state index contributed by atoms with van der Waals surface area (Å²) in [6, 6.07) is 26.0. The monoisotopic (exact) mass is 592 g/mol. The molecule has 4 aromatic carbocycles. The minimum Gasteiger partial charge on any atom is -0.504 e. The first-order valence-corrected chi connectivity index (χ1v) is 14.2. The third kappa shape index (κ3) is 7.30. The summed E-state index contributed by atoms with van der Waals surface area (Å²) in [5, 5.41) is 31.6. The Morgan fingerprint density at radius 3 is 2.52 bits per heavy atom. The van der Waals surface area contributed by atoms with E-state index in [0.717, 1.165) is 66.0 Å². The molecule has 1 aliphatic rings. The summed E-state index contributed by atoms with van der Waals surface area (Å²) in [4.78, 5) is 13.6. The van der Waals surface area contributed by atoms with Crippen LogP contribution in [0.15, 0.2) is 84.9 Å². The minimum absolute atomic E-state index is 0.00626. The molecule has 5 rings (SSSR count). The van der Waals surface area contributed by atoms with Crippen molar-refractivity contribution in [1.29, 1.82) is 5.26 Å². The molecule has 1 aliphatic heterocycles. The number of methoxy groups -OCH3 is 1. The Morgan fingerprint density at radius 1 is 1.05 bits per heavy atom. The number of nitrogens with zero attached hydrogens (tertiary/aromatic N) is 2. The molecule has 0 saturated carbocycles. The fraction of sp³-hybridized carbons (Fsp3) is 0.200. The molecule has 1 atom stereocenters. The molecule has 1 fully saturated rings. The third-order valence-electron chi connectivity index (χ3n) is 7.77. The molecule has 4 N–H and O–H groups in total. The predicted molar refractivity (Wildman–Crippen MR) is 166 cm³/mol. The van der Waals surface area contributed by atoms with Gasteiger partial charge in [-0.05, 0) is 81.8 Å². The highest BCUT2D eigenvalue weighted by molar-refractivity contribution is 5.90. The van der Waals surface area contributed by atoms with E-state index in [9.17, 15) is 19.6 Å². The molecular formula is C35H33FN4O4. The Bertz CT molecular complexity index is 1720. The zero-order chi connectivity index (χ0) is 31.1. The van der Waals surface area contributed by atoms with Gasteiger partial charge in [-0.25, -0.2) is 9.87 Å². The number of hydrogen-bond acceptors (Lipinski definition) is 7. The van der Waals surface area contributed by atoms with Crippen molar-refractivity contribution in [3.63, 3.8) is 0 Å². The molecular weight excluding hydrogens is 559 g/mol. The molecule has 1 amide bonds. The van der Waals surface area contributed by atoms with Gasteiger partial charge in [-0.1, -0.05) is 48.5 Å². The highest BCUT2D eigenvalue weighted by Gasteiger charge is 2.22. The van der Waals surface area contributed by atoms with Crippen molar-refractivity contribution in [2.24, 2.45) is 0 Å². The van der Waals surface area contributed by atoms with Gasteiger partial charge in [-0.2, -0.15) is 5.26 Å². The molecule has 1 heterocycles. The number of halogens is 1. The van der Waals surface area contributed by atoms with Crippen molar-refractivity contribution < 1.29 is 24.2 Å². The summed E-state index contributed by atoms with van der Waals surface area (Å²) in [7, 11) is 1.50. The van der Waals surface area contributed by atoms with Crippen LogP contribution in [0.1, 0.15) is 28.7 Å². The molecule has 9 heteroatoms. The number of hydrogen-bond donors (Lipinski definition) is 4. The maximum atomic E-state index is 14.7. The normalized spacial score (nSPS) is 14.9. The van der Waals surface area contributed by atoms with E-state index in [0.29, 0.717) is 17.4 Å². The van der Waals surface area contributed by atoms with Gasteiger partial charge in [0.2, 0.25) is 0 Å². The highest BCUT2D eigenvalue weighted by Crippen LogP contribution is 2.38. The van der Waals surface area contributed by atoms with Crippen LogP contribution in [0, 0.1) is 17.1 Å². The second-order valence-electron chi connectivity index (χ2n) is 10.7. The van der Waals surface area contributed by atoms with E-state index in [1.54, 1.807) is 35.8 Å². The standard InChI is InChI=1S/C35H33FN4O4/c1-44-34-18-27(10-12-33(34)41)30-11-6-25(16-31(30)26-8-9-28(19-37)32(36)17-26)21-40-15-14-29(22-40)38-20-24-4-2-23(3-5-24)7-13-35(42)39-43/h2-13,16-18,29,38,41,43H,14-15,20-22H2,1H3,(H,39,42)/b13-7+/t29-/m0/s1. The largest absolute Gasteiger partial charge is 0.504 e. The first-order chi connectivity index (χ1) is 21.4. The summed E-state index contributed by atoms with van der Waals surface area (Å²) in [5.41, 5.74) is 7.80. The van der Waals surface area contributed by atoms with Gasteiger partial charge in [-0.3, -0.25) is 14.9 Å². The van der Waals surface area contributed by atoms with Crippen LogP contribution in [0.2, 0.25) is 0 Å². The van der Waals surface area contributed by atoms with Crippen LogP contribution in [0.4, 0.5) is 4.39 Å². The smallest absolute Gasteiger partial charge is 0.267 e. The van der Waals surface area contributed by atoms with E-state index >= 15 is 0 Å². The number of aromatic hydroxyl groups is 1. The maximum absolute atomic E-state index is 14.7. The molecule has 0 aromatic heterocycles. The molecule has 0 radical (unpaired) electrons. The zero-order valence-electron chi connectivity index (χ0n) is 24.3. The Labute approximate surface area is 255 Å². The summed E-state index contributed by atoms with van der Waals surface area (Å²) >= 11 is 0. The van der Waals surface area contributed by atoms with Crippen molar-refractivity contribution in [2.45, 2.75) is 25.6 Å². The van der Waals surface area contributed by atoms with E-state index < -0.39 is 11.7 Å². The van der Waals surface area contributed by atoms with Crippen LogP contribution in [0.25, 0.3) is 28.3 Å². The molecule has 0 spiro atoms. The number of amides is 1. The number of nitrogens with one attached hydrogen (secondary N) is 2. The molecule has 1 saturated heterocycles. The van der Waals surface area contributed by atoms with Crippen molar-refractivity contribution in [3.05, 3.63) is 113 Å². The number of ether oxygens (including phenoxy) is 1. The predicted octanol–water partition coefficient (Wildman–Crippen LogP) is 5.63. The number of hydroxylamine groups is 1. The molecule has 4 aromatic rings. The minimum atomic E-state index is -0.574. The maximum Gasteiger partial charge on any atom is 0.267 e. The Morgan fingerprint density at radius 2 is 1.80 bits per heavy atom. The topological polar surface area (TPSA) is 118 Å². The second-order valence-corrected chi connectivity index (χ2v) is 10.7. The number of phenolic OH excluding ortho intramolecular Hbond substituents is 1. The van der Waals surface area contributed by atoms with E-state index in [2.05, 4.69) is 22.3 Å². The van der Waals surface area contributed by atoms with Crippen LogP contribution in [-0.4, -0.2) is 47.4 Å². The highest BCUT2D eigenvalue weighted by atomic mass is 19.1. The zero-order valence-corrected chi connectivity index (χ0v) is 24.3. The molecule has 44 heavy (non-hydrogen) atoms. The second kappa shape index (κ2) is 14.0. The van der Waals surface area contributed by atoms with Gasteiger partial charge in [0.05, 0.1) is 12.7 Å². The van der Waals surface area contributed by atoms with E-state index in [-0.39, 0.29) is 11.3 Å². The van der Waals surface area contributed by atoms with Gasteiger partial charge < -0.3 is 15.2 Å². The summed E-state index contributed by atoms with van der Waals surface area (Å²) < 4.78 is 20.0. The van der Waals surface area contributed by atoms with Gasteiger partial charge >= 0.3 is 0 Å². The van der Waals surface area contributed by atoms with Crippen molar-refractivity contribution >= 4 is 12.0 Å². The number of likely N-dealkylation sites (tertiary alicyclic amines) is 1. The van der Waals surface area contributed by atoms with E-state index in [1.165, 1.54) is 25.3 Å². The molecule has 0 bridgehead atoms. The lowest BCUT2D eigenvalue weighted by molar-refractivity contribution is -0.124. The third-order valence-corrected chi connectivity index (χ3v) is 7.77. The fourth-order valence-corrected chi connectivity index (χ4v) is 5.42. The molecule has 8 nitrogen and oxygen atoms in total. The number of carbonyl (C=O) groups is 1. The average molecular weight is 593 g/mol. The Kier molecular flexibility index (Phi) is 9.67. The Balaban J connectivity index is 1.28. The number of rotatable bonds is 10. The van der Waals surface area contributed by atoms with Gasteiger partial charge in [-0.15, -0.1) is 0 Å². The van der Waals surface area contributed by atoms with E-state index in [1.807, 2.05) is 36.4 Å². The lowest BCUT2D eigenvalue weighted by Gasteiger charge is -2.19. The summed E-state index contributed by atoms with van der Waals surface area (Å²) in [6.07, 6.45) is 3.91. The Hall–Kier alpha value is -5.01. The van der Waals surface area contributed by atoms with Crippen LogP contribution in [0.3, 0.4) is 0 Å². The van der Waals surface area contributed by atoms with Crippen LogP contribution in [0.5, 0.6) is 11.5 Å². The number of benzene rings is 4. The number of carbonyl (C=O) groups excluding carboxylic acids is 1. The first kappa shape index (κ1) is 30.4. The molecule has 0 aliphatic carbocycles. The van der Waals surface area contributed by atoms with Gasteiger partial charge in [0.25, 0.3) is 5.91 Å². The summed E-state index contributed by atoms with van der Waals surface area (Å²) in [6.45, 7) is 3.27. The van der Waals surface area contributed by atoms with Gasteiger partial charge in [0, 0.05) is 38.3 Å². The fourth-order valence-electron chi connectivity index (χ4n) is 5.42.